The molecule has 2 heterocycles. The Hall–Kier alpha value is 0.725. The fraction of sp³-hybridized carbons (Fsp3) is 0. The van der Waals surface area contributed by atoms with Crippen LogP contribution in [-0.2, 0) is 27.4 Å². The van der Waals surface area contributed by atoms with Crippen LogP contribution in [-0.4, -0.2) is 83.7 Å². The average Bonchev–Trinajstić information content (AvgIpc) is 1.96. The molecule has 15 nitrogen and oxygen atoms in total. The summed E-state index contributed by atoms with van der Waals surface area (Å²) in [6, 6.07) is 0. The molecule has 2 aliphatic rings. The van der Waals surface area contributed by atoms with E-state index >= 15 is 0 Å². The number of hydrogen-bond donors (Lipinski definition) is 4. The standard InChI is InChI=1S/B5H4O10.Na.5H2O/c6-1-10-2(7)13-5(12-1)14-3(8)11-4(9)15-5;;;;;;/h6-9H;;5*1H2/q-1;+1;;;;;. The summed E-state index contributed by atoms with van der Waals surface area (Å²) in [6.07, 6.45) is 0. The summed E-state index contributed by atoms with van der Waals surface area (Å²) in [5, 5.41) is 35.7. The van der Waals surface area contributed by atoms with Gasteiger partial charge in [-0.05, 0) is 0 Å². The van der Waals surface area contributed by atoms with E-state index in [1.165, 1.54) is 0 Å². The van der Waals surface area contributed by atoms with Gasteiger partial charge < -0.3 is 74.9 Å². The third-order valence-electron chi connectivity index (χ3n) is 1.60. The molecule has 0 aromatic carbocycles. The van der Waals surface area contributed by atoms with E-state index in [1.807, 2.05) is 0 Å². The predicted octanol–water partition coefficient (Wildman–Crippen LogP) is -11.7. The molecule has 0 amide bonds. The molecular weight excluding hydrogens is 317 g/mol. The van der Waals surface area contributed by atoms with Crippen LogP contribution in [0.4, 0.5) is 0 Å². The van der Waals surface area contributed by atoms with Gasteiger partial charge in [0.05, 0.1) is 0 Å². The summed E-state index contributed by atoms with van der Waals surface area (Å²) < 4.78 is 26.4. The fourth-order valence-electron chi connectivity index (χ4n) is 1.09. The van der Waals surface area contributed by atoms with Crippen molar-refractivity contribution < 1.29 is 104 Å². The zero-order chi connectivity index (χ0) is 11.1. The van der Waals surface area contributed by atoms with E-state index in [0.29, 0.717) is 0 Å². The molecule has 0 aromatic heterocycles. The first-order chi connectivity index (χ1) is 6.99. The minimum atomic E-state index is -3.21. The summed E-state index contributed by atoms with van der Waals surface area (Å²) in [6.45, 7) is -3.21. The maximum atomic E-state index is 8.94. The summed E-state index contributed by atoms with van der Waals surface area (Å²) >= 11 is 0. The van der Waals surface area contributed by atoms with Crippen LogP contribution in [0.15, 0.2) is 0 Å². The van der Waals surface area contributed by atoms with Crippen LogP contribution in [0.5, 0.6) is 0 Å². The first-order valence-corrected chi connectivity index (χ1v) is 3.86. The molecule has 21 heavy (non-hydrogen) atoms. The third-order valence-corrected chi connectivity index (χ3v) is 1.60. The topological polar surface area (TPSA) is 294 Å². The molecule has 2 aliphatic heterocycles. The predicted molar refractivity (Wildman–Crippen MR) is 62.2 cm³/mol. The second kappa shape index (κ2) is 13.2. The Bertz CT molecular complexity index is 193. The first-order valence-electron chi connectivity index (χ1n) is 3.86. The van der Waals surface area contributed by atoms with Crippen LogP contribution in [0.3, 0.4) is 0 Å². The van der Waals surface area contributed by atoms with Crippen LogP contribution >= 0.6 is 0 Å². The molecule has 0 unspecified atom stereocenters. The molecule has 0 aliphatic carbocycles. The van der Waals surface area contributed by atoms with Crippen LogP contribution in [0.2, 0.25) is 0 Å². The van der Waals surface area contributed by atoms with E-state index in [9.17, 15) is 0 Å². The molecule has 2 fully saturated rings. The second-order valence-corrected chi connectivity index (χ2v) is 2.62. The maximum Gasteiger partial charge on any atom is 1.00 e. The van der Waals surface area contributed by atoms with Crippen molar-refractivity contribution in [1.82, 2.24) is 0 Å². The van der Waals surface area contributed by atoms with Crippen LogP contribution in [0.25, 0.3) is 0 Å². The van der Waals surface area contributed by atoms with Gasteiger partial charge >= 0.3 is 65.8 Å². The first kappa shape index (κ1) is 33.4. The largest absolute Gasteiger partial charge is 1.00 e. The molecule has 0 radical (unpaired) electrons. The monoisotopic (exact) mass is 332 g/mol. The van der Waals surface area contributed by atoms with Gasteiger partial charge in [0.25, 0.3) is 0 Å². The van der Waals surface area contributed by atoms with E-state index in [4.69, 9.17) is 20.1 Å². The van der Waals surface area contributed by atoms with Crippen molar-refractivity contribution in [1.29, 1.82) is 0 Å². The van der Waals surface area contributed by atoms with Gasteiger partial charge in [0.1, 0.15) is 0 Å². The van der Waals surface area contributed by atoms with Gasteiger partial charge in [-0.25, -0.2) is 0 Å². The normalized spacial score (nSPS) is 18.9. The minimum absolute atomic E-state index is 0. The number of hydrogen-bond acceptors (Lipinski definition) is 10. The average molecular weight is 331 g/mol. The van der Waals surface area contributed by atoms with Crippen molar-refractivity contribution in [3.63, 3.8) is 0 Å². The quantitative estimate of drug-likeness (QED) is 0.303. The van der Waals surface area contributed by atoms with Gasteiger partial charge in [-0.2, -0.15) is 0 Å². The van der Waals surface area contributed by atoms with Gasteiger partial charge in [0, 0.05) is 0 Å². The zero-order valence-electron chi connectivity index (χ0n) is 10.6. The molecular formula is H14B5NaO15. The van der Waals surface area contributed by atoms with E-state index in [0.717, 1.165) is 0 Å². The van der Waals surface area contributed by atoms with Crippen molar-refractivity contribution in [3.8, 4) is 0 Å². The van der Waals surface area contributed by atoms with E-state index < -0.39 is 36.2 Å². The van der Waals surface area contributed by atoms with E-state index in [1.54, 1.807) is 0 Å². The molecule has 2 saturated heterocycles. The molecule has 120 valence electrons. The van der Waals surface area contributed by atoms with Crippen molar-refractivity contribution >= 4 is 36.2 Å². The maximum absolute atomic E-state index is 8.94. The molecule has 0 atom stereocenters. The second-order valence-electron chi connectivity index (χ2n) is 2.62. The summed E-state index contributed by atoms with van der Waals surface area (Å²) in [5.74, 6) is 0. The minimum Gasteiger partial charge on any atom is -0.539 e. The van der Waals surface area contributed by atoms with Gasteiger partial charge in [0.2, 0.25) is 0 Å². The Balaban J connectivity index is -0.000000142. The molecule has 2 rings (SSSR count). The van der Waals surface area contributed by atoms with Crippen LogP contribution in [0.1, 0.15) is 0 Å². The van der Waals surface area contributed by atoms with Crippen molar-refractivity contribution in [2.45, 2.75) is 0 Å². The Morgan fingerprint density at radius 3 is 0.905 bits per heavy atom. The van der Waals surface area contributed by atoms with Gasteiger partial charge in [-0.1, -0.05) is 0 Å². The molecule has 0 bridgehead atoms. The summed E-state index contributed by atoms with van der Waals surface area (Å²) in [4.78, 5) is 0. The Labute approximate surface area is 141 Å². The molecule has 0 aromatic rings. The Morgan fingerprint density at radius 2 is 0.714 bits per heavy atom. The van der Waals surface area contributed by atoms with Crippen LogP contribution < -0.4 is 29.6 Å². The molecule has 1 spiro atoms. The van der Waals surface area contributed by atoms with E-state index in [2.05, 4.69) is 27.4 Å². The molecule has 14 N–H and O–H groups in total. The van der Waals surface area contributed by atoms with E-state index in [-0.39, 0.29) is 56.9 Å². The van der Waals surface area contributed by atoms with Crippen LogP contribution in [0, 0.1) is 0 Å². The fourth-order valence-corrected chi connectivity index (χ4v) is 1.09. The molecule has 21 heteroatoms. The summed E-state index contributed by atoms with van der Waals surface area (Å²) in [7, 11) is -7.59. The Morgan fingerprint density at radius 1 is 0.524 bits per heavy atom. The summed E-state index contributed by atoms with van der Waals surface area (Å²) in [5.41, 5.74) is 0. The SMILES string of the molecule is O.O.O.O.O.OB1OB(O)O[B-]2(O1)OB(O)OB(O)O2.[Na+]. The van der Waals surface area contributed by atoms with Crippen molar-refractivity contribution in [2.75, 3.05) is 0 Å². The smallest absolute Gasteiger partial charge is 0.539 e. The van der Waals surface area contributed by atoms with Crippen molar-refractivity contribution in [3.05, 3.63) is 0 Å². The zero-order valence-corrected chi connectivity index (χ0v) is 12.6. The van der Waals surface area contributed by atoms with Gasteiger partial charge in [0.15, 0.2) is 0 Å². The molecule has 0 saturated carbocycles. The van der Waals surface area contributed by atoms with Crippen molar-refractivity contribution in [2.24, 2.45) is 0 Å². The van der Waals surface area contributed by atoms with Gasteiger partial charge in [-0.3, -0.25) is 0 Å². The Kier molecular flexibility index (Phi) is 21.0. The van der Waals surface area contributed by atoms with Gasteiger partial charge in [-0.15, -0.1) is 0 Å². The number of rotatable bonds is 0. The third kappa shape index (κ3) is 8.81.